The Balaban J connectivity index is 2.50. The smallest absolute Gasteiger partial charge is 0.282 e. The van der Waals surface area contributed by atoms with E-state index in [0.717, 1.165) is 21.5 Å². The molecule has 0 saturated heterocycles. The van der Waals surface area contributed by atoms with Crippen molar-refractivity contribution in [3.05, 3.63) is 57.3 Å². The van der Waals surface area contributed by atoms with E-state index >= 15 is 0 Å². The van der Waals surface area contributed by atoms with E-state index in [1.807, 2.05) is 0 Å². The lowest BCUT2D eigenvalue weighted by molar-refractivity contribution is 0.482. The van der Waals surface area contributed by atoms with Crippen molar-refractivity contribution in [1.82, 2.24) is 9.35 Å². The molecule has 5 aliphatic rings. The molecule has 0 spiro atoms. The van der Waals surface area contributed by atoms with Crippen molar-refractivity contribution >= 4 is 42.0 Å². The lowest BCUT2D eigenvalue weighted by atomic mass is 10.2. The largest absolute Gasteiger partial charge is 0.316 e. The molecule has 12 nitrogen and oxygen atoms in total. The summed E-state index contributed by atoms with van der Waals surface area (Å²) in [5.41, 5.74) is -0.0739. The van der Waals surface area contributed by atoms with Gasteiger partial charge in [0.25, 0.3) is 31.0 Å². The fraction of sp³-hybridized carbons (Fsp3) is 0. The zero-order chi connectivity index (χ0) is 20.4. The molecular weight excluding hydrogens is 412 g/mol. The van der Waals surface area contributed by atoms with E-state index in [1.165, 1.54) is 24.3 Å². The van der Waals surface area contributed by atoms with Crippen LogP contribution in [0, 0.1) is 21.5 Å². The molecule has 5 aliphatic heterocycles. The first-order valence-corrected chi connectivity index (χ1v) is 10.2. The molecule has 14 heteroatoms. The van der Waals surface area contributed by atoms with Gasteiger partial charge in [-0.25, -0.2) is 0 Å². The van der Waals surface area contributed by atoms with Crippen molar-refractivity contribution in [1.29, 1.82) is 10.8 Å². The molecule has 0 atom stereocenters. The summed E-state index contributed by atoms with van der Waals surface area (Å²) in [7, 11) is -9.54. The molecule has 7 rings (SSSR count). The highest BCUT2D eigenvalue weighted by Crippen LogP contribution is 2.30. The Bertz CT molecular complexity index is 1580. The molecule has 0 saturated carbocycles. The first-order valence-electron chi connectivity index (χ1n) is 7.36. The van der Waals surface area contributed by atoms with E-state index in [4.69, 9.17) is 0 Å². The van der Waals surface area contributed by atoms with Crippen LogP contribution in [0.15, 0.2) is 46.2 Å². The van der Waals surface area contributed by atoms with Crippen molar-refractivity contribution in [2.75, 3.05) is 0 Å². The molecule has 0 unspecified atom stereocenters. The van der Waals surface area contributed by atoms with Crippen LogP contribution in [0.1, 0.15) is 0 Å². The van der Waals surface area contributed by atoms with Crippen LogP contribution < -0.4 is 0 Å². The minimum atomic E-state index is -4.77. The Kier molecular flexibility index (Phi) is 3.49. The first-order chi connectivity index (χ1) is 13.1. The van der Waals surface area contributed by atoms with Crippen LogP contribution in [0.3, 0.4) is 0 Å². The van der Waals surface area contributed by atoms with E-state index < -0.39 is 30.0 Å². The van der Waals surface area contributed by atoms with Crippen molar-refractivity contribution < 1.29 is 25.9 Å². The second-order valence-electron chi connectivity index (χ2n) is 5.81. The SMILES string of the molecule is N#[N+]n1c2c3ccc(cc3S(=O)(=O)O)n([N+]#N)c3ccc(c(S(=O)(=O)O)c3)c1=2. The molecule has 0 radical (unpaired) electrons. The number of hydrogen-bond acceptors (Lipinski definition) is 6. The van der Waals surface area contributed by atoms with Gasteiger partial charge in [-0.3, -0.25) is 9.11 Å². The van der Waals surface area contributed by atoms with Crippen LogP contribution in [0.25, 0.3) is 32.0 Å². The maximum atomic E-state index is 11.9. The maximum absolute atomic E-state index is 11.9. The summed E-state index contributed by atoms with van der Waals surface area (Å²) in [6, 6.07) is 7.19. The topological polar surface area (TPSA) is 175 Å². The first kappa shape index (κ1) is 17.8. The van der Waals surface area contributed by atoms with Gasteiger partial charge >= 0.3 is 10.2 Å². The summed E-state index contributed by atoms with van der Waals surface area (Å²) in [5.74, 6) is 0. The fourth-order valence-corrected chi connectivity index (χ4v) is 4.51. The summed E-state index contributed by atoms with van der Waals surface area (Å²) in [5, 5.41) is 24.4. The van der Waals surface area contributed by atoms with E-state index in [9.17, 15) is 36.7 Å². The number of rotatable bonds is 2. The monoisotopic (exact) mass is 420 g/mol. The lowest BCUT2D eigenvalue weighted by Crippen LogP contribution is -2.01. The summed E-state index contributed by atoms with van der Waals surface area (Å²) < 4.78 is 68.4. The molecule has 0 aliphatic carbocycles. The summed E-state index contributed by atoms with van der Waals surface area (Å²) in [4.78, 5) is -1.18. The summed E-state index contributed by atoms with van der Waals surface area (Å²) in [6.07, 6.45) is 0. The predicted molar refractivity (Wildman–Crippen MR) is 93.3 cm³/mol. The lowest BCUT2D eigenvalue weighted by Gasteiger charge is -2.00. The quantitative estimate of drug-likeness (QED) is 0.366. The average Bonchev–Trinajstić information content (AvgIpc) is 3.34. The Morgan fingerprint density at radius 2 is 1.11 bits per heavy atom. The van der Waals surface area contributed by atoms with Crippen molar-refractivity contribution in [3.63, 3.8) is 0 Å². The van der Waals surface area contributed by atoms with Gasteiger partial charge in [-0.05, 0) is 36.4 Å². The molecule has 0 fully saturated rings. The van der Waals surface area contributed by atoms with Crippen LogP contribution >= 0.6 is 0 Å². The van der Waals surface area contributed by atoms with Gasteiger partial charge in [0.1, 0.15) is 20.8 Å². The Hall–Kier alpha value is -3.56. The van der Waals surface area contributed by atoms with Crippen molar-refractivity contribution in [3.8, 4) is 0 Å². The van der Waals surface area contributed by atoms with E-state index in [-0.39, 0.29) is 32.5 Å². The zero-order valence-corrected chi connectivity index (χ0v) is 15.1. The standard InChI is InChI=1S/C14H6N6O6S2/c15-17-19-7-1-3-9(11(5-7)27(21,22)23)13-14(20(13)18-16)10-4-2-8(19)6-12(10)28(24,25)26/h1-6H/p+2. The molecule has 2 N–H and O–H groups in total. The van der Waals surface area contributed by atoms with Gasteiger partial charge in [0.2, 0.25) is 0 Å². The number of aromatic nitrogens is 2. The van der Waals surface area contributed by atoms with E-state index in [0.29, 0.717) is 0 Å². The molecule has 4 bridgehead atoms. The second kappa shape index (κ2) is 5.47. The van der Waals surface area contributed by atoms with Crippen LogP contribution in [0.2, 0.25) is 0 Å². The third kappa shape index (κ3) is 2.48. The van der Waals surface area contributed by atoms with Gasteiger partial charge in [-0.15, -0.1) is 0 Å². The summed E-state index contributed by atoms with van der Waals surface area (Å²) >= 11 is 0. The molecule has 0 aromatic heterocycles. The summed E-state index contributed by atoms with van der Waals surface area (Å²) in [6.45, 7) is 0. The Morgan fingerprint density at radius 1 is 0.714 bits per heavy atom. The molecule has 0 amide bonds. The minimum absolute atomic E-state index is 0.00582. The highest BCUT2D eigenvalue weighted by atomic mass is 32.2. The van der Waals surface area contributed by atoms with Gasteiger partial charge in [0.15, 0.2) is 10.7 Å². The molecule has 2 aromatic rings. The average molecular weight is 420 g/mol. The normalized spacial score (nSPS) is 12.4. The highest BCUT2D eigenvalue weighted by molar-refractivity contribution is 7.86. The molecule has 140 valence electrons. The maximum Gasteiger partial charge on any atom is 0.316 e. The molecule has 5 heterocycles. The van der Waals surface area contributed by atoms with Gasteiger partial charge in [-0.1, -0.05) is 0 Å². The van der Waals surface area contributed by atoms with E-state index in [2.05, 4.69) is 10.2 Å². The third-order valence-electron chi connectivity index (χ3n) is 4.26. The zero-order valence-electron chi connectivity index (χ0n) is 13.5. The third-order valence-corrected chi connectivity index (χ3v) is 6.05. The van der Waals surface area contributed by atoms with Crippen molar-refractivity contribution in [2.24, 2.45) is 0 Å². The Morgan fingerprint density at radius 3 is 1.43 bits per heavy atom. The van der Waals surface area contributed by atoms with E-state index in [1.54, 1.807) is 0 Å². The minimum Gasteiger partial charge on any atom is -0.282 e. The van der Waals surface area contributed by atoms with Crippen LogP contribution in [-0.2, 0) is 20.2 Å². The van der Waals surface area contributed by atoms with Crippen LogP contribution in [0.5, 0.6) is 0 Å². The van der Waals surface area contributed by atoms with Gasteiger partial charge in [0.05, 0.1) is 0 Å². The highest BCUT2D eigenvalue weighted by Gasteiger charge is 2.29. The van der Waals surface area contributed by atoms with Crippen molar-refractivity contribution in [2.45, 2.75) is 9.79 Å². The van der Waals surface area contributed by atoms with Crippen LogP contribution in [-0.4, -0.2) is 35.3 Å². The van der Waals surface area contributed by atoms with Crippen LogP contribution in [0.4, 0.5) is 0 Å². The predicted octanol–water partition coefficient (Wildman–Crippen LogP) is 2.05. The number of nitrogens with zero attached hydrogens (tertiary/aromatic N) is 6. The van der Waals surface area contributed by atoms with Gasteiger partial charge in [0, 0.05) is 20.1 Å². The van der Waals surface area contributed by atoms with Gasteiger partial charge < -0.3 is 0 Å². The Labute approximate surface area is 155 Å². The fourth-order valence-electron chi connectivity index (χ4n) is 3.08. The molecule has 2 aromatic carbocycles. The van der Waals surface area contributed by atoms with Gasteiger partial charge in [-0.2, -0.15) is 16.8 Å². The second-order valence-corrected chi connectivity index (χ2v) is 8.59. The molecular formula is C14H8N6O6S2+2. The number of benzene rings is 2. The molecule has 28 heavy (non-hydrogen) atoms. The number of hydrogen-bond donors (Lipinski definition) is 2. The number of diazo groups is 2.